The van der Waals surface area contributed by atoms with E-state index in [-0.39, 0.29) is 23.1 Å². The van der Waals surface area contributed by atoms with Gasteiger partial charge in [0.25, 0.3) is 0 Å². The van der Waals surface area contributed by atoms with Crippen LogP contribution in [-0.4, -0.2) is 40.1 Å². The zero-order valence-electron chi connectivity index (χ0n) is 11.6. The first-order chi connectivity index (χ1) is 9.92. The van der Waals surface area contributed by atoms with E-state index in [4.69, 9.17) is 4.74 Å². The summed E-state index contributed by atoms with van der Waals surface area (Å²) in [6.45, 7) is 3.00. The average molecular weight is 316 g/mol. The van der Waals surface area contributed by atoms with Crippen LogP contribution in [-0.2, 0) is 14.8 Å². The number of hydrogen-bond donors (Lipinski definition) is 2. The van der Waals surface area contributed by atoms with Crippen molar-refractivity contribution in [1.29, 1.82) is 0 Å². The summed E-state index contributed by atoms with van der Waals surface area (Å²) in [6, 6.07) is 2.72. The molecule has 1 aliphatic rings. The highest BCUT2D eigenvalue weighted by molar-refractivity contribution is 7.89. The van der Waals surface area contributed by atoms with E-state index in [0.717, 1.165) is 24.7 Å². The third-order valence-corrected chi connectivity index (χ3v) is 4.57. The molecule has 8 heteroatoms. The lowest BCUT2D eigenvalue weighted by Crippen LogP contribution is -2.36. The molecule has 1 unspecified atom stereocenters. The lowest BCUT2D eigenvalue weighted by atomic mass is 10.2. The Balaban J connectivity index is 2.27. The third-order valence-electron chi connectivity index (χ3n) is 3.07. The predicted molar refractivity (Wildman–Crippen MR) is 74.0 cm³/mol. The Labute approximate surface area is 122 Å². The second kappa shape index (κ2) is 6.50. The van der Waals surface area contributed by atoms with E-state index in [9.17, 15) is 17.6 Å². The Morgan fingerprint density at radius 1 is 1.48 bits per heavy atom. The Morgan fingerprint density at radius 2 is 2.24 bits per heavy atom. The van der Waals surface area contributed by atoms with Crippen LogP contribution in [0.1, 0.15) is 23.7 Å². The van der Waals surface area contributed by atoms with E-state index < -0.39 is 21.8 Å². The lowest BCUT2D eigenvalue weighted by Gasteiger charge is -2.13. The summed E-state index contributed by atoms with van der Waals surface area (Å²) in [7, 11) is -3.87. The number of esters is 1. The minimum atomic E-state index is -3.87. The van der Waals surface area contributed by atoms with Crippen LogP contribution in [0.2, 0.25) is 0 Å². The van der Waals surface area contributed by atoms with Gasteiger partial charge in [0.05, 0.1) is 17.1 Å². The number of carbonyl (C=O) groups excluding carboxylic acids is 1. The minimum absolute atomic E-state index is 0.123. The maximum absolute atomic E-state index is 13.6. The predicted octanol–water partition coefficient (Wildman–Crippen LogP) is 0.643. The number of benzene rings is 1. The summed E-state index contributed by atoms with van der Waals surface area (Å²) in [5.41, 5.74) is -0.123. The maximum atomic E-state index is 13.6. The van der Waals surface area contributed by atoms with Gasteiger partial charge in [-0.3, -0.25) is 0 Å². The zero-order valence-corrected chi connectivity index (χ0v) is 12.4. The molecule has 1 aromatic carbocycles. The van der Waals surface area contributed by atoms with E-state index in [1.807, 2.05) is 0 Å². The van der Waals surface area contributed by atoms with Crippen molar-refractivity contribution in [3.8, 4) is 0 Å². The van der Waals surface area contributed by atoms with Crippen LogP contribution >= 0.6 is 0 Å². The van der Waals surface area contributed by atoms with Crippen LogP contribution in [0.15, 0.2) is 23.1 Å². The monoisotopic (exact) mass is 316 g/mol. The Bertz CT molecular complexity index is 627. The molecule has 1 aromatic rings. The number of hydrogen-bond acceptors (Lipinski definition) is 5. The van der Waals surface area contributed by atoms with Gasteiger partial charge in [0.15, 0.2) is 0 Å². The van der Waals surface area contributed by atoms with E-state index >= 15 is 0 Å². The van der Waals surface area contributed by atoms with Crippen LogP contribution in [0, 0.1) is 5.82 Å². The van der Waals surface area contributed by atoms with Crippen LogP contribution in [0.25, 0.3) is 0 Å². The molecule has 2 N–H and O–H groups in total. The maximum Gasteiger partial charge on any atom is 0.338 e. The Hall–Kier alpha value is -1.51. The second-order valence-electron chi connectivity index (χ2n) is 4.71. The van der Waals surface area contributed by atoms with Crippen molar-refractivity contribution in [3.05, 3.63) is 29.6 Å². The molecule has 1 aliphatic heterocycles. The lowest BCUT2D eigenvalue weighted by molar-refractivity contribution is 0.0525. The number of ether oxygens (including phenoxy) is 1. The van der Waals surface area contributed by atoms with Gasteiger partial charge in [-0.1, -0.05) is 0 Å². The summed E-state index contributed by atoms with van der Waals surface area (Å²) in [5.74, 6) is -1.55. The first kappa shape index (κ1) is 15.9. The largest absolute Gasteiger partial charge is 0.462 e. The molecule has 0 bridgehead atoms. The van der Waals surface area contributed by atoms with Gasteiger partial charge in [0.2, 0.25) is 10.0 Å². The van der Waals surface area contributed by atoms with Gasteiger partial charge >= 0.3 is 5.97 Å². The number of sulfonamides is 1. The number of rotatable bonds is 5. The number of halogens is 1. The fourth-order valence-electron chi connectivity index (χ4n) is 2.09. The van der Waals surface area contributed by atoms with Crippen molar-refractivity contribution >= 4 is 16.0 Å². The molecule has 0 saturated carbocycles. The molecule has 1 heterocycles. The topological polar surface area (TPSA) is 84.5 Å². The van der Waals surface area contributed by atoms with Gasteiger partial charge in [0, 0.05) is 12.6 Å². The average Bonchev–Trinajstić information content (AvgIpc) is 2.90. The van der Waals surface area contributed by atoms with Crippen molar-refractivity contribution < 1.29 is 22.3 Å². The number of nitrogens with one attached hydrogen (secondary N) is 2. The van der Waals surface area contributed by atoms with Crippen LogP contribution in [0.5, 0.6) is 0 Å². The Kier molecular flexibility index (Phi) is 4.92. The molecule has 1 fully saturated rings. The molecule has 0 amide bonds. The van der Waals surface area contributed by atoms with E-state index in [0.29, 0.717) is 13.0 Å². The van der Waals surface area contributed by atoms with Gasteiger partial charge in [-0.25, -0.2) is 22.3 Å². The molecule has 2 rings (SSSR count). The van der Waals surface area contributed by atoms with Crippen molar-refractivity contribution in [3.63, 3.8) is 0 Å². The normalized spacial score (nSPS) is 18.7. The van der Waals surface area contributed by atoms with Crippen LogP contribution in [0.3, 0.4) is 0 Å². The molecular formula is C13H17FN2O4S. The summed E-state index contributed by atoms with van der Waals surface area (Å²) in [4.78, 5) is 11.3. The van der Waals surface area contributed by atoms with Gasteiger partial charge in [-0.2, -0.15) is 0 Å². The number of carbonyl (C=O) groups is 1. The molecular weight excluding hydrogens is 299 g/mol. The quantitative estimate of drug-likeness (QED) is 0.779. The molecule has 21 heavy (non-hydrogen) atoms. The molecule has 0 aromatic heterocycles. The minimum Gasteiger partial charge on any atom is -0.462 e. The van der Waals surface area contributed by atoms with Crippen LogP contribution in [0.4, 0.5) is 4.39 Å². The molecule has 0 aliphatic carbocycles. The smallest absolute Gasteiger partial charge is 0.338 e. The molecule has 6 nitrogen and oxygen atoms in total. The van der Waals surface area contributed by atoms with Crippen LogP contribution < -0.4 is 10.0 Å². The highest BCUT2D eigenvalue weighted by Gasteiger charge is 2.24. The van der Waals surface area contributed by atoms with Crippen molar-refractivity contribution in [2.75, 3.05) is 19.7 Å². The van der Waals surface area contributed by atoms with Gasteiger partial charge in [-0.15, -0.1) is 0 Å². The SMILES string of the molecule is CCOC(=O)c1cc(F)cc(S(=O)(=O)NC2CCNC2)c1. The van der Waals surface area contributed by atoms with E-state index in [1.165, 1.54) is 0 Å². The van der Waals surface area contributed by atoms with E-state index in [1.54, 1.807) is 6.92 Å². The summed E-state index contributed by atoms with van der Waals surface area (Å²) < 4.78 is 45.2. The van der Waals surface area contributed by atoms with Gasteiger partial charge < -0.3 is 10.1 Å². The van der Waals surface area contributed by atoms with Crippen molar-refractivity contribution in [2.24, 2.45) is 0 Å². The molecule has 0 radical (unpaired) electrons. The molecule has 1 saturated heterocycles. The first-order valence-electron chi connectivity index (χ1n) is 6.63. The fourth-order valence-corrected chi connectivity index (χ4v) is 3.42. The third kappa shape index (κ3) is 3.99. The zero-order chi connectivity index (χ0) is 15.5. The van der Waals surface area contributed by atoms with Crippen molar-refractivity contribution in [2.45, 2.75) is 24.3 Å². The fraction of sp³-hybridized carbons (Fsp3) is 0.462. The van der Waals surface area contributed by atoms with Crippen molar-refractivity contribution in [1.82, 2.24) is 10.0 Å². The van der Waals surface area contributed by atoms with Gasteiger partial charge in [-0.05, 0) is 38.1 Å². The summed E-state index contributed by atoms with van der Waals surface area (Å²) in [6.07, 6.45) is 0.666. The molecule has 0 spiro atoms. The summed E-state index contributed by atoms with van der Waals surface area (Å²) >= 11 is 0. The highest BCUT2D eigenvalue weighted by Crippen LogP contribution is 2.16. The molecule has 116 valence electrons. The standard InChI is InChI=1S/C13H17FN2O4S/c1-2-20-13(17)9-5-10(14)7-12(6-9)21(18,19)16-11-3-4-15-8-11/h5-7,11,15-16H,2-4,8H2,1H3. The summed E-state index contributed by atoms with van der Waals surface area (Å²) in [5, 5.41) is 3.03. The van der Waals surface area contributed by atoms with E-state index in [2.05, 4.69) is 10.0 Å². The Morgan fingerprint density at radius 3 is 2.86 bits per heavy atom. The second-order valence-corrected chi connectivity index (χ2v) is 6.42. The molecule has 1 atom stereocenters. The highest BCUT2D eigenvalue weighted by atomic mass is 32.2. The van der Waals surface area contributed by atoms with Gasteiger partial charge in [0.1, 0.15) is 5.82 Å². The first-order valence-corrected chi connectivity index (χ1v) is 8.11.